The third-order valence-electron chi connectivity index (χ3n) is 4.45. The molecule has 0 spiro atoms. The second-order valence-electron chi connectivity index (χ2n) is 6.02. The van der Waals surface area contributed by atoms with Gasteiger partial charge in [0.05, 0.1) is 6.26 Å². The molecule has 6 nitrogen and oxygen atoms in total. The van der Waals surface area contributed by atoms with Crippen molar-refractivity contribution in [2.45, 2.75) is 31.7 Å². The summed E-state index contributed by atoms with van der Waals surface area (Å²) < 4.78 is 5.19. The van der Waals surface area contributed by atoms with E-state index in [1.165, 1.54) is 11.8 Å². The first-order valence-electron chi connectivity index (χ1n) is 8.26. The lowest BCUT2D eigenvalue weighted by molar-refractivity contribution is -0.126. The van der Waals surface area contributed by atoms with Gasteiger partial charge in [0.1, 0.15) is 6.04 Å². The predicted octanol–water partition coefficient (Wildman–Crippen LogP) is 1.31. The Morgan fingerprint density at radius 1 is 1.39 bits per heavy atom. The van der Waals surface area contributed by atoms with Crippen molar-refractivity contribution in [3.8, 4) is 0 Å². The molecule has 3 rings (SSSR count). The summed E-state index contributed by atoms with van der Waals surface area (Å²) in [6, 6.07) is 2.94. The second kappa shape index (κ2) is 7.46. The normalized spacial score (nSPS) is 21.7. The van der Waals surface area contributed by atoms with E-state index in [9.17, 15) is 9.59 Å². The molecule has 0 aromatic carbocycles. The van der Waals surface area contributed by atoms with Gasteiger partial charge >= 0.3 is 0 Å². The molecule has 1 atom stereocenters. The molecule has 0 aliphatic carbocycles. The summed E-state index contributed by atoms with van der Waals surface area (Å²) in [7, 11) is 0. The smallest absolute Gasteiger partial charge is 0.290 e. The molecule has 2 N–H and O–H groups in total. The maximum absolute atomic E-state index is 12.5. The van der Waals surface area contributed by atoms with Crippen molar-refractivity contribution in [1.82, 2.24) is 15.5 Å². The topological polar surface area (TPSA) is 74.6 Å². The standard InChI is InChI=1S/C17H23N3O3/c21-16(19-12-13-6-8-18-9-7-13)14-4-1-2-10-20(14)17(22)15-5-3-11-23-15/h3,5-6,11,14,18H,1-2,4,7-10,12H2,(H,19,21). The van der Waals surface area contributed by atoms with Crippen LogP contribution in [0.25, 0.3) is 0 Å². The van der Waals surface area contributed by atoms with E-state index in [0.717, 1.165) is 32.4 Å². The molecule has 1 aromatic heterocycles. The Morgan fingerprint density at radius 2 is 2.30 bits per heavy atom. The molecular weight excluding hydrogens is 294 g/mol. The van der Waals surface area contributed by atoms with Gasteiger partial charge in [-0.2, -0.15) is 0 Å². The molecule has 2 aliphatic heterocycles. The molecular formula is C17H23N3O3. The first-order valence-corrected chi connectivity index (χ1v) is 8.26. The number of likely N-dealkylation sites (tertiary alicyclic amines) is 1. The van der Waals surface area contributed by atoms with Crippen LogP contribution in [-0.4, -0.2) is 48.9 Å². The van der Waals surface area contributed by atoms with E-state index in [-0.39, 0.29) is 11.8 Å². The van der Waals surface area contributed by atoms with E-state index in [4.69, 9.17) is 4.42 Å². The first kappa shape index (κ1) is 15.8. The molecule has 1 aromatic rings. The Hall–Kier alpha value is -2.08. The SMILES string of the molecule is O=C(NCC1=CCNCC1)C1CCCCN1C(=O)c1ccco1. The number of amides is 2. The lowest BCUT2D eigenvalue weighted by Crippen LogP contribution is -2.52. The Balaban J connectivity index is 1.62. The average molecular weight is 317 g/mol. The van der Waals surface area contributed by atoms with Crippen LogP contribution in [0, 0.1) is 0 Å². The van der Waals surface area contributed by atoms with Crippen LogP contribution in [-0.2, 0) is 4.79 Å². The van der Waals surface area contributed by atoms with Crippen LogP contribution in [0.3, 0.4) is 0 Å². The maximum atomic E-state index is 12.5. The Morgan fingerprint density at radius 3 is 3.04 bits per heavy atom. The summed E-state index contributed by atoms with van der Waals surface area (Å²) in [5, 5.41) is 6.24. The first-order chi connectivity index (χ1) is 11.3. The lowest BCUT2D eigenvalue weighted by Gasteiger charge is -2.34. The van der Waals surface area contributed by atoms with Crippen molar-refractivity contribution in [2.75, 3.05) is 26.2 Å². The fourth-order valence-electron chi connectivity index (χ4n) is 3.14. The fourth-order valence-corrected chi connectivity index (χ4v) is 3.14. The van der Waals surface area contributed by atoms with Crippen molar-refractivity contribution in [3.05, 3.63) is 35.8 Å². The van der Waals surface area contributed by atoms with E-state index in [1.54, 1.807) is 17.0 Å². The monoisotopic (exact) mass is 317 g/mol. The highest BCUT2D eigenvalue weighted by Gasteiger charge is 2.33. The number of carbonyl (C=O) groups is 2. The van der Waals surface area contributed by atoms with Gasteiger partial charge in [-0.15, -0.1) is 0 Å². The van der Waals surface area contributed by atoms with E-state index in [1.807, 2.05) is 0 Å². The molecule has 0 radical (unpaired) electrons. The minimum Gasteiger partial charge on any atom is -0.459 e. The molecule has 1 unspecified atom stereocenters. The van der Waals surface area contributed by atoms with Crippen molar-refractivity contribution in [1.29, 1.82) is 0 Å². The molecule has 2 aliphatic rings. The summed E-state index contributed by atoms with van der Waals surface area (Å²) in [5.41, 5.74) is 1.25. The van der Waals surface area contributed by atoms with Gasteiger partial charge in [-0.1, -0.05) is 11.6 Å². The summed E-state index contributed by atoms with van der Waals surface area (Å²) >= 11 is 0. The highest BCUT2D eigenvalue weighted by molar-refractivity contribution is 5.95. The maximum Gasteiger partial charge on any atom is 0.290 e. The number of hydrogen-bond donors (Lipinski definition) is 2. The van der Waals surface area contributed by atoms with Crippen molar-refractivity contribution < 1.29 is 14.0 Å². The van der Waals surface area contributed by atoms with Crippen molar-refractivity contribution >= 4 is 11.8 Å². The molecule has 3 heterocycles. The highest BCUT2D eigenvalue weighted by Crippen LogP contribution is 2.20. The minimum atomic E-state index is -0.399. The van der Waals surface area contributed by atoms with Gasteiger partial charge in [-0.05, 0) is 44.4 Å². The molecule has 2 amide bonds. The van der Waals surface area contributed by atoms with Crippen LogP contribution in [0.4, 0.5) is 0 Å². The highest BCUT2D eigenvalue weighted by atomic mass is 16.3. The van der Waals surface area contributed by atoms with Crippen LogP contribution in [0.1, 0.15) is 36.2 Å². The second-order valence-corrected chi connectivity index (χ2v) is 6.02. The summed E-state index contributed by atoms with van der Waals surface area (Å²) in [4.78, 5) is 26.7. The van der Waals surface area contributed by atoms with Gasteiger partial charge in [0.15, 0.2) is 5.76 Å². The quantitative estimate of drug-likeness (QED) is 0.821. The van der Waals surface area contributed by atoms with Gasteiger partial charge in [-0.25, -0.2) is 0 Å². The summed E-state index contributed by atoms with van der Waals surface area (Å²) in [5.74, 6) is 0.0331. The molecule has 1 saturated heterocycles. The molecule has 0 saturated carbocycles. The largest absolute Gasteiger partial charge is 0.459 e. The summed E-state index contributed by atoms with van der Waals surface area (Å²) in [6.45, 7) is 2.98. The van der Waals surface area contributed by atoms with Crippen LogP contribution >= 0.6 is 0 Å². The van der Waals surface area contributed by atoms with Crippen LogP contribution < -0.4 is 10.6 Å². The van der Waals surface area contributed by atoms with Gasteiger partial charge < -0.3 is 20.0 Å². The molecule has 124 valence electrons. The predicted molar refractivity (Wildman–Crippen MR) is 86.0 cm³/mol. The lowest BCUT2D eigenvalue weighted by atomic mass is 10.0. The number of piperidine rings is 1. The third-order valence-corrected chi connectivity index (χ3v) is 4.45. The van der Waals surface area contributed by atoms with E-state index in [0.29, 0.717) is 25.3 Å². The number of rotatable bonds is 4. The van der Waals surface area contributed by atoms with Gasteiger partial charge in [0, 0.05) is 19.6 Å². The number of nitrogens with zero attached hydrogens (tertiary/aromatic N) is 1. The number of carbonyl (C=O) groups excluding carboxylic acids is 2. The van der Waals surface area contributed by atoms with Crippen molar-refractivity contribution in [2.24, 2.45) is 0 Å². The zero-order valence-electron chi connectivity index (χ0n) is 13.2. The van der Waals surface area contributed by atoms with Crippen LogP contribution in [0.2, 0.25) is 0 Å². The van der Waals surface area contributed by atoms with Gasteiger partial charge in [0.2, 0.25) is 5.91 Å². The van der Waals surface area contributed by atoms with E-state index >= 15 is 0 Å². The van der Waals surface area contributed by atoms with Gasteiger partial charge in [-0.3, -0.25) is 9.59 Å². The number of furan rings is 1. The third kappa shape index (κ3) is 3.82. The Bertz CT molecular complexity index is 580. The average Bonchev–Trinajstić information content (AvgIpc) is 3.14. The Kier molecular flexibility index (Phi) is 5.12. The van der Waals surface area contributed by atoms with E-state index in [2.05, 4.69) is 16.7 Å². The fraction of sp³-hybridized carbons (Fsp3) is 0.529. The molecule has 6 heteroatoms. The number of nitrogens with one attached hydrogen (secondary N) is 2. The zero-order chi connectivity index (χ0) is 16.1. The zero-order valence-corrected chi connectivity index (χ0v) is 13.2. The van der Waals surface area contributed by atoms with Crippen LogP contribution in [0.15, 0.2) is 34.5 Å². The summed E-state index contributed by atoms with van der Waals surface area (Å²) in [6.07, 6.45) is 7.16. The van der Waals surface area contributed by atoms with E-state index < -0.39 is 6.04 Å². The van der Waals surface area contributed by atoms with Crippen LogP contribution in [0.5, 0.6) is 0 Å². The number of hydrogen-bond acceptors (Lipinski definition) is 4. The minimum absolute atomic E-state index is 0.0657. The molecule has 23 heavy (non-hydrogen) atoms. The van der Waals surface area contributed by atoms with Crippen molar-refractivity contribution in [3.63, 3.8) is 0 Å². The molecule has 0 bridgehead atoms. The molecule has 1 fully saturated rings. The van der Waals surface area contributed by atoms with Gasteiger partial charge in [0.25, 0.3) is 5.91 Å². The Labute approximate surface area is 135 Å².